The molecule has 0 unspecified atom stereocenters. The van der Waals surface area contributed by atoms with Crippen molar-refractivity contribution < 1.29 is 4.79 Å². The molecule has 16 heavy (non-hydrogen) atoms. The fraction of sp³-hybridized carbons (Fsp3) is 0.917. The quantitative estimate of drug-likeness (QED) is 0.690. The maximum absolute atomic E-state index is 12.0. The van der Waals surface area contributed by atoms with Crippen LogP contribution in [0.3, 0.4) is 0 Å². The van der Waals surface area contributed by atoms with Gasteiger partial charge in [-0.1, -0.05) is 20.8 Å². The van der Waals surface area contributed by atoms with E-state index in [0.29, 0.717) is 11.9 Å². The Morgan fingerprint density at radius 1 is 1.19 bits per heavy atom. The highest BCUT2D eigenvalue weighted by Gasteiger charge is 2.38. The van der Waals surface area contributed by atoms with Gasteiger partial charge >= 0.3 is 0 Å². The maximum atomic E-state index is 12.0. The van der Waals surface area contributed by atoms with Crippen LogP contribution in [0.25, 0.3) is 0 Å². The highest BCUT2D eigenvalue weighted by Crippen LogP contribution is 2.23. The molecule has 0 spiro atoms. The van der Waals surface area contributed by atoms with Gasteiger partial charge in [0.05, 0.1) is 0 Å². The number of nitrogens with one attached hydrogen (secondary N) is 1. The Balaban J connectivity index is 1.79. The summed E-state index contributed by atoms with van der Waals surface area (Å²) in [5.74, 6) is 0.291. The van der Waals surface area contributed by atoms with Gasteiger partial charge in [-0.3, -0.25) is 9.69 Å². The third kappa shape index (κ3) is 2.38. The Hall–Kier alpha value is -0.610. The maximum Gasteiger partial charge on any atom is 0.228 e. The van der Waals surface area contributed by atoms with Crippen molar-refractivity contribution in [3.05, 3.63) is 0 Å². The molecule has 2 heterocycles. The van der Waals surface area contributed by atoms with Crippen molar-refractivity contribution in [1.82, 2.24) is 15.1 Å². The number of piperazine rings is 1. The van der Waals surface area contributed by atoms with Gasteiger partial charge in [-0.2, -0.15) is 0 Å². The van der Waals surface area contributed by atoms with Gasteiger partial charge < -0.3 is 10.2 Å². The van der Waals surface area contributed by atoms with Crippen LogP contribution in [0.1, 0.15) is 20.8 Å². The second-order valence-corrected chi connectivity index (χ2v) is 5.90. The van der Waals surface area contributed by atoms with E-state index in [1.165, 1.54) is 0 Å². The smallest absolute Gasteiger partial charge is 0.228 e. The van der Waals surface area contributed by atoms with Gasteiger partial charge in [0.15, 0.2) is 0 Å². The second kappa shape index (κ2) is 4.34. The molecule has 0 aromatic heterocycles. The van der Waals surface area contributed by atoms with Crippen LogP contribution in [-0.4, -0.2) is 61.0 Å². The standard InChI is InChI=1S/C12H23N3O/c1-12(2,3)11(16)15-8-10(9-15)14-6-4-13-5-7-14/h10,13H,4-9H2,1-3H3. The van der Waals surface area contributed by atoms with E-state index in [9.17, 15) is 4.79 Å². The molecule has 0 aromatic rings. The molecule has 1 N–H and O–H groups in total. The molecule has 0 radical (unpaired) electrons. The van der Waals surface area contributed by atoms with Crippen LogP contribution in [0.5, 0.6) is 0 Å². The van der Waals surface area contributed by atoms with Gasteiger partial charge in [0, 0.05) is 50.7 Å². The van der Waals surface area contributed by atoms with Crippen LogP contribution >= 0.6 is 0 Å². The summed E-state index contributed by atoms with van der Waals surface area (Å²) in [6.07, 6.45) is 0. The first-order chi connectivity index (χ1) is 7.48. The van der Waals surface area contributed by atoms with Crippen LogP contribution < -0.4 is 5.32 Å². The summed E-state index contributed by atoms with van der Waals surface area (Å²) in [6, 6.07) is 0.605. The van der Waals surface area contributed by atoms with E-state index in [2.05, 4.69) is 10.2 Å². The van der Waals surface area contributed by atoms with Crippen molar-refractivity contribution in [2.75, 3.05) is 39.3 Å². The number of nitrogens with zero attached hydrogens (tertiary/aromatic N) is 2. The number of hydrogen-bond acceptors (Lipinski definition) is 3. The molecule has 2 fully saturated rings. The average Bonchev–Trinajstić information content (AvgIpc) is 2.15. The molecule has 0 atom stereocenters. The fourth-order valence-corrected chi connectivity index (χ4v) is 2.37. The molecule has 2 saturated heterocycles. The zero-order valence-electron chi connectivity index (χ0n) is 10.6. The molecular formula is C12H23N3O. The normalized spacial score (nSPS) is 24.3. The Bertz CT molecular complexity index is 260. The summed E-state index contributed by atoms with van der Waals surface area (Å²) in [7, 11) is 0. The van der Waals surface area contributed by atoms with Gasteiger partial charge in [0.2, 0.25) is 5.91 Å². The first kappa shape index (κ1) is 11.9. The second-order valence-electron chi connectivity index (χ2n) is 5.90. The minimum atomic E-state index is -0.228. The molecule has 0 aliphatic carbocycles. The van der Waals surface area contributed by atoms with Crippen molar-refractivity contribution in [2.24, 2.45) is 5.41 Å². The number of carbonyl (C=O) groups excluding carboxylic acids is 1. The minimum Gasteiger partial charge on any atom is -0.339 e. The van der Waals surface area contributed by atoms with E-state index >= 15 is 0 Å². The molecule has 1 amide bonds. The van der Waals surface area contributed by atoms with E-state index in [-0.39, 0.29) is 5.41 Å². The van der Waals surface area contributed by atoms with Gasteiger partial charge in [-0.15, -0.1) is 0 Å². The first-order valence-electron chi connectivity index (χ1n) is 6.22. The van der Waals surface area contributed by atoms with Crippen molar-refractivity contribution >= 4 is 5.91 Å². The van der Waals surface area contributed by atoms with E-state index in [4.69, 9.17) is 0 Å². The number of hydrogen-bond donors (Lipinski definition) is 1. The van der Waals surface area contributed by atoms with Crippen LogP contribution in [-0.2, 0) is 4.79 Å². The van der Waals surface area contributed by atoms with E-state index in [1.54, 1.807) is 0 Å². The molecule has 0 aromatic carbocycles. The Labute approximate surface area is 98.0 Å². The molecular weight excluding hydrogens is 202 g/mol. The molecule has 92 valence electrons. The first-order valence-corrected chi connectivity index (χ1v) is 6.22. The lowest BCUT2D eigenvalue weighted by atomic mass is 9.92. The molecule has 4 nitrogen and oxygen atoms in total. The van der Waals surface area contributed by atoms with Gasteiger partial charge in [-0.25, -0.2) is 0 Å². The number of carbonyl (C=O) groups is 1. The van der Waals surface area contributed by atoms with Crippen molar-refractivity contribution in [3.8, 4) is 0 Å². The molecule has 2 aliphatic heterocycles. The third-order valence-electron chi connectivity index (χ3n) is 3.46. The topological polar surface area (TPSA) is 35.6 Å². The highest BCUT2D eigenvalue weighted by atomic mass is 16.2. The summed E-state index contributed by atoms with van der Waals surface area (Å²) in [6.45, 7) is 12.3. The van der Waals surface area contributed by atoms with Crippen molar-refractivity contribution in [1.29, 1.82) is 0 Å². The van der Waals surface area contributed by atoms with E-state index in [0.717, 1.165) is 39.3 Å². The fourth-order valence-electron chi connectivity index (χ4n) is 2.37. The minimum absolute atomic E-state index is 0.228. The molecule has 2 rings (SSSR count). The van der Waals surface area contributed by atoms with Gasteiger partial charge in [0.1, 0.15) is 0 Å². The number of rotatable bonds is 1. The molecule has 0 bridgehead atoms. The lowest BCUT2D eigenvalue weighted by molar-refractivity contribution is -0.147. The zero-order valence-corrected chi connectivity index (χ0v) is 10.6. The number of likely N-dealkylation sites (tertiary alicyclic amines) is 1. The Kier molecular flexibility index (Phi) is 3.22. The Morgan fingerprint density at radius 3 is 2.25 bits per heavy atom. The number of amides is 1. The SMILES string of the molecule is CC(C)(C)C(=O)N1CC(N2CCNCC2)C1. The van der Waals surface area contributed by atoms with Crippen LogP contribution in [0.4, 0.5) is 0 Å². The summed E-state index contributed by atoms with van der Waals surface area (Å²) in [5.41, 5.74) is -0.228. The van der Waals surface area contributed by atoms with Crippen molar-refractivity contribution in [2.45, 2.75) is 26.8 Å². The summed E-state index contributed by atoms with van der Waals surface area (Å²) in [5, 5.41) is 3.35. The summed E-state index contributed by atoms with van der Waals surface area (Å²) >= 11 is 0. The van der Waals surface area contributed by atoms with Gasteiger partial charge in [0.25, 0.3) is 0 Å². The summed E-state index contributed by atoms with van der Waals surface area (Å²) in [4.78, 5) is 16.5. The Morgan fingerprint density at radius 2 is 1.75 bits per heavy atom. The largest absolute Gasteiger partial charge is 0.339 e. The molecule has 4 heteroatoms. The van der Waals surface area contributed by atoms with Crippen molar-refractivity contribution in [3.63, 3.8) is 0 Å². The highest BCUT2D eigenvalue weighted by molar-refractivity contribution is 5.82. The molecule has 0 saturated carbocycles. The van der Waals surface area contributed by atoms with E-state index < -0.39 is 0 Å². The van der Waals surface area contributed by atoms with Crippen LogP contribution in [0.15, 0.2) is 0 Å². The van der Waals surface area contributed by atoms with Crippen LogP contribution in [0.2, 0.25) is 0 Å². The lowest BCUT2D eigenvalue weighted by Crippen LogP contribution is -2.65. The molecule has 2 aliphatic rings. The lowest BCUT2D eigenvalue weighted by Gasteiger charge is -2.48. The van der Waals surface area contributed by atoms with Gasteiger partial charge in [-0.05, 0) is 0 Å². The van der Waals surface area contributed by atoms with E-state index in [1.807, 2.05) is 25.7 Å². The predicted molar refractivity (Wildman–Crippen MR) is 64.3 cm³/mol. The monoisotopic (exact) mass is 225 g/mol. The zero-order chi connectivity index (χ0) is 11.8. The summed E-state index contributed by atoms with van der Waals surface area (Å²) < 4.78 is 0. The average molecular weight is 225 g/mol. The predicted octanol–water partition coefficient (Wildman–Crippen LogP) is 0.149. The van der Waals surface area contributed by atoms with Crippen LogP contribution in [0, 0.1) is 5.41 Å². The third-order valence-corrected chi connectivity index (χ3v) is 3.46.